The maximum Gasteiger partial charge on any atom is 0.261 e. The summed E-state index contributed by atoms with van der Waals surface area (Å²) in [7, 11) is 1.84. The molecule has 0 saturated heterocycles. The second-order valence-electron chi connectivity index (χ2n) is 5.37. The number of aryl methyl sites for hydroxylation is 2. The zero-order valence-corrected chi connectivity index (χ0v) is 13.6. The molecule has 118 valence electrons. The predicted octanol–water partition coefficient (Wildman–Crippen LogP) is 2.30. The van der Waals surface area contributed by atoms with Gasteiger partial charge in [-0.2, -0.15) is 10.4 Å². The lowest BCUT2D eigenvalue weighted by Crippen LogP contribution is -2.26. The molecule has 0 fully saturated rings. The maximum absolute atomic E-state index is 12.2. The summed E-state index contributed by atoms with van der Waals surface area (Å²) in [5, 5.41) is 16.3. The van der Waals surface area contributed by atoms with Crippen LogP contribution in [0.1, 0.15) is 22.5 Å². The molecule has 23 heavy (non-hydrogen) atoms. The number of carbonyl (C=O) groups is 1. The van der Waals surface area contributed by atoms with Crippen LogP contribution in [0.25, 0.3) is 6.08 Å². The van der Waals surface area contributed by atoms with E-state index >= 15 is 0 Å². The Bertz CT molecular complexity index is 766. The Morgan fingerprint density at radius 3 is 2.61 bits per heavy atom. The van der Waals surface area contributed by atoms with Crippen molar-refractivity contribution in [2.24, 2.45) is 7.05 Å². The summed E-state index contributed by atoms with van der Waals surface area (Å²) in [5.41, 5.74) is 3.79. The minimum atomic E-state index is -0.355. The van der Waals surface area contributed by atoms with Gasteiger partial charge in [0.05, 0.1) is 5.69 Å². The lowest BCUT2D eigenvalue weighted by molar-refractivity contribution is -0.117. The molecule has 0 saturated carbocycles. The molecule has 2 aromatic rings. The number of rotatable bonds is 5. The van der Waals surface area contributed by atoms with Crippen LogP contribution in [0.5, 0.6) is 0 Å². The Balaban J connectivity index is 2.04. The van der Waals surface area contributed by atoms with Crippen molar-refractivity contribution in [3.63, 3.8) is 0 Å². The van der Waals surface area contributed by atoms with Gasteiger partial charge in [0.2, 0.25) is 0 Å². The van der Waals surface area contributed by atoms with Crippen LogP contribution in [0.4, 0.5) is 0 Å². The van der Waals surface area contributed by atoms with Crippen molar-refractivity contribution in [2.45, 2.75) is 20.3 Å². The van der Waals surface area contributed by atoms with E-state index < -0.39 is 0 Å². The van der Waals surface area contributed by atoms with Gasteiger partial charge < -0.3 is 5.32 Å². The van der Waals surface area contributed by atoms with Gasteiger partial charge in [-0.05, 0) is 31.9 Å². The smallest absolute Gasteiger partial charge is 0.261 e. The monoisotopic (exact) mass is 308 g/mol. The van der Waals surface area contributed by atoms with Gasteiger partial charge in [-0.25, -0.2) is 0 Å². The average molecular weight is 308 g/mol. The van der Waals surface area contributed by atoms with Gasteiger partial charge in [-0.3, -0.25) is 9.48 Å². The molecular weight excluding hydrogens is 288 g/mol. The Hall–Kier alpha value is -2.87. The molecule has 5 nitrogen and oxygen atoms in total. The number of benzene rings is 1. The SMILES string of the molecule is Cc1nn(C)c(C)c1/C=C(\C#N)C(=O)NCCc1ccccc1. The molecule has 2 rings (SSSR count). The zero-order chi connectivity index (χ0) is 16.8. The van der Waals surface area contributed by atoms with Crippen molar-refractivity contribution in [1.29, 1.82) is 5.26 Å². The Labute approximate surface area is 136 Å². The molecule has 1 aromatic heterocycles. The molecule has 0 atom stereocenters. The van der Waals surface area contributed by atoms with E-state index in [9.17, 15) is 10.1 Å². The molecule has 0 radical (unpaired) electrons. The predicted molar refractivity (Wildman–Crippen MR) is 89.4 cm³/mol. The number of carbonyl (C=O) groups excluding carboxylic acids is 1. The van der Waals surface area contributed by atoms with Crippen molar-refractivity contribution in [3.8, 4) is 6.07 Å². The standard InChI is InChI=1S/C18H20N4O/c1-13-17(14(2)22(3)21-13)11-16(12-19)18(23)20-10-9-15-7-5-4-6-8-15/h4-8,11H,9-10H2,1-3H3,(H,20,23)/b16-11+. The summed E-state index contributed by atoms with van der Waals surface area (Å²) in [4.78, 5) is 12.2. The first-order chi connectivity index (χ1) is 11.0. The van der Waals surface area contributed by atoms with E-state index in [1.165, 1.54) is 0 Å². The van der Waals surface area contributed by atoms with Crippen LogP contribution in [0.2, 0.25) is 0 Å². The van der Waals surface area contributed by atoms with E-state index in [0.29, 0.717) is 6.54 Å². The topological polar surface area (TPSA) is 70.7 Å². The molecule has 1 N–H and O–H groups in total. The molecule has 0 aliphatic carbocycles. The average Bonchev–Trinajstić information content (AvgIpc) is 2.79. The number of nitriles is 1. The lowest BCUT2D eigenvalue weighted by Gasteiger charge is -2.05. The number of hydrogen-bond acceptors (Lipinski definition) is 3. The molecule has 0 unspecified atom stereocenters. The number of nitrogens with one attached hydrogen (secondary N) is 1. The molecule has 0 aliphatic rings. The van der Waals surface area contributed by atoms with Crippen LogP contribution in [-0.4, -0.2) is 22.2 Å². The van der Waals surface area contributed by atoms with E-state index in [2.05, 4.69) is 10.4 Å². The molecule has 1 aromatic carbocycles. The summed E-state index contributed by atoms with van der Waals surface area (Å²) >= 11 is 0. The Kier molecular flexibility index (Phi) is 5.32. The van der Waals surface area contributed by atoms with Crippen molar-refractivity contribution < 1.29 is 4.79 Å². The van der Waals surface area contributed by atoms with Crippen LogP contribution in [0.15, 0.2) is 35.9 Å². The second-order valence-corrected chi connectivity index (χ2v) is 5.37. The van der Waals surface area contributed by atoms with Gasteiger partial charge >= 0.3 is 0 Å². The molecule has 0 spiro atoms. The third-order valence-electron chi connectivity index (χ3n) is 3.76. The number of nitrogens with zero attached hydrogens (tertiary/aromatic N) is 3. The second kappa shape index (κ2) is 7.41. The van der Waals surface area contributed by atoms with Gasteiger partial charge in [0, 0.05) is 24.8 Å². The van der Waals surface area contributed by atoms with E-state index in [1.807, 2.05) is 57.3 Å². The zero-order valence-electron chi connectivity index (χ0n) is 13.6. The number of aromatic nitrogens is 2. The molecule has 5 heteroatoms. The fourth-order valence-electron chi connectivity index (χ4n) is 2.35. The third-order valence-corrected chi connectivity index (χ3v) is 3.76. The number of amides is 1. The highest BCUT2D eigenvalue weighted by atomic mass is 16.1. The van der Waals surface area contributed by atoms with Gasteiger partial charge in [0.1, 0.15) is 11.6 Å². The summed E-state index contributed by atoms with van der Waals surface area (Å²) in [6.45, 7) is 4.27. The Morgan fingerprint density at radius 1 is 1.35 bits per heavy atom. The summed E-state index contributed by atoms with van der Waals surface area (Å²) in [6.07, 6.45) is 2.34. The van der Waals surface area contributed by atoms with E-state index in [-0.39, 0.29) is 11.5 Å². The fourth-order valence-corrected chi connectivity index (χ4v) is 2.35. The quantitative estimate of drug-likeness (QED) is 0.680. The highest BCUT2D eigenvalue weighted by Crippen LogP contribution is 2.16. The summed E-state index contributed by atoms with van der Waals surface area (Å²) in [5.74, 6) is -0.355. The van der Waals surface area contributed by atoms with Crippen LogP contribution >= 0.6 is 0 Å². The van der Waals surface area contributed by atoms with Gasteiger partial charge in [0.15, 0.2) is 0 Å². The largest absolute Gasteiger partial charge is 0.351 e. The lowest BCUT2D eigenvalue weighted by atomic mass is 10.1. The van der Waals surface area contributed by atoms with Gasteiger partial charge in [0.25, 0.3) is 5.91 Å². The van der Waals surface area contributed by atoms with Gasteiger partial charge in [-0.1, -0.05) is 30.3 Å². The van der Waals surface area contributed by atoms with Crippen LogP contribution in [0.3, 0.4) is 0 Å². The van der Waals surface area contributed by atoms with Crippen molar-refractivity contribution in [3.05, 3.63) is 58.4 Å². The Morgan fingerprint density at radius 2 is 2.04 bits per heavy atom. The minimum Gasteiger partial charge on any atom is -0.351 e. The first-order valence-electron chi connectivity index (χ1n) is 7.47. The normalized spacial score (nSPS) is 11.1. The van der Waals surface area contributed by atoms with Gasteiger partial charge in [-0.15, -0.1) is 0 Å². The fraction of sp³-hybridized carbons (Fsp3) is 0.278. The van der Waals surface area contributed by atoms with E-state index in [0.717, 1.165) is 28.9 Å². The highest BCUT2D eigenvalue weighted by Gasteiger charge is 2.13. The highest BCUT2D eigenvalue weighted by molar-refractivity contribution is 6.01. The molecule has 0 bridgehead atoms. The van der Waals surface area contributed by atoms with Crippen molar-refractivity contribution >= 4 is 12.0 Å². The van der Waals surface area contributed by atoms with Crippen LogP contribution in [-0.2, 0) is 18.3 Å². The van der Waals surface area contributed by atoms with Crippen molar-refractivity contribution in [1.82, 2.24) is 15.1 Å². The third kappa shape index (κ3) is 4.07. The van der Waals surface area contributed by atoms with E-state index in [4.69, 9.17) is 0 Å². The molecular formula is C18H20N4O. The van der Waals surface area contributed by atoms with Crippen LogP contribution in [0, 0.1) is 25.2 Å². The molecule has 1 amide bonds. The minimum absolute atomic E-state index is 0.0947. The molecule has 1 heterocycles. The maximum atomic E-state index is 12.2. The molecule has 0 aliphatic heterocycles. The van der Waals surface area contributed by atoms with Crippen molar-refractivity contribution in [2.75, 3.05) is 6.54 Å². The van der Waals surface area contributed by atoms with E-state index in [1.54, 1.807) is 10.8 Å². The first kappa shape index (κ1) is 16.5. The summed E-state index contributed by atoms with van der Waals surface area (Å²) in [6, 6.07) is 11.9. The van der Waals surface area contributed by atoms with Crippen LogP contribution < -0.4 is 5.32 Å². The number of hydrogen-bond donors (Lipinski definition) is 1. The summed E-state index contributed by atoms with van der Waals surface area (Å²) < 4.78 is 1.74. The first-order valence-corrected chi connectivity index (χ1v) is 7.47.